The second kappa shape index (κ2) is 16.3. The molecule has 0 unspecified atom stereocenters. The predicted octanol–water partition coefficient (Wildman–Crippen LogP) is 4.73. The van der Waals surface area contributed by atoms with E-state index in [0.717, 1.165) is 0 Å². The van der Waals surface area contributed by atoms with Gasteiger partial charge in [-0.25, -0.2) is 0 Å². The second-order valence-electron chi connectivity index (χ2n) is 4.08. The maximum Gasteiger partial charge on any atom is 0 e. The summed E-state index contributed by atoms with van der Waals surface area (Å²) in [5.41, 5.74) is 0. The Hall–Kier alpha value is -0.157. The van der Waals surface area contributed by atoms with Crippen LogP contribution in [0.3, 0.4) is 0 Å². The van der Waals surface area contributed by atoms with Gasteiger partial charge in [0.2, 0.25) is 0 Å². The van der Waals surface area contributed by atoms with E-state index in [4.69, 9.17) is 0 Å². The van der Waals surface area contributed by atoms with Gasteiger partial charge in [0.05, 0.1) is 0 Å². The molecule has 0 fully saturated rings. The van der Waals surface area contributed by atoms with Gasteiger partial charge >= 0.3 is 0 Å². The van der Waals surface area contributed by atoms with Crippen LogP contribution >= 0.6 is 0 Å². The molecule has 0 heterocycles. The number of rotatable bonds is 0. The fourth-order valence-corrected chi connectivity index (χ4v) is 0.342. The average Bonchev–Trinajstić information content (AvgIpc) is 2.05. The SMILES string of the molecule is C[C-](C)C.C[C-](C)C.[Zn].[c-]1ccccc1. The topological polar surface area (TPSA) is 0 Å². The van der Waals surface area contributed by atoms with Gasteiger partial charge in [0.25, 0.3) is 0 Å². The van der Waals surface area contributed by atoms with E-state index in [2.05, 4.69) is 47.6 Å². The molecule has 0 N–H and O–H groups in total. The molecule has 15 heavy (non-hydrogen) atoms. The van der Waals surface area contributed by atoms with Crippen molar-refractivity contribution in [1.82, 2.24) is 0 Å². The zero-order valence-electron chi connectivity index (χ0n) is 11.1. The Morgan fingerprint density at radius 1 is 0.667 bits per heavy atom. The van der Waals surface area contributed by atoms with E-state index in [1.807, 2.05) is 30.3 Å². The van der Waals surface area contributed by atoms with Crippen LogP contribution in [0.15, 0.2) is 30.3 Å². The molecule has 1 heteroatoms. The van der Waals surface area contributed by atoms with Crippen LogP contribution in [0.2, 0.25) is 0 Å². The maximum atomic E-state index is 2.89. The van der Waals surface area contributed by atoms with E-state index >= 15 is 0 Å². The third-order valence-corrected chi connectivity index (χ3v) is 0.607. The second-order valence-corrected chi connectivity index (χ2v) is 4.08. The minimum atomic E-state index is 0. The molecule has 0 aliphatic carbocycles. The van der Waals surface area contributed by atoms with Gasteiger partial charge < -0.3 is 11.8 Å². The smallest absolute Gasteiger partial charge is 0 e. The van der Waals surface area contributed by atoms with Crippen molar-refractivity contribution in [3.05, 3.63) is 48.2 Å². The molecule has 0 radical (unpaired) electrons. The molecule has 0 aliphatic heterocycles. The zero-order valence-corrected chi connectivity index (χ0v) is 14.1. The maximum absolute atomic E-state index is 2.89. The van der Waals surface area contributed by atoms with Crippen LogP contribution < -0.4 is 0 Å². The molecule has 0 aliphatic rings. The van der Waals surface area contributed by atoms with E-state index in [-0.39, 0.29) is 19.5 Å². The van der Waals surface area contributed by atoms with Crippen LogP contribution in [0.5, 0.6) is 0 Å². The molecule has 1 aromatic rings. The minimum Gasteiger partial charge on any atom is -0.323 e. The first-order valence-electron chi connectivity index (χ1n) is 4.91. The van der Waals surface area contributed by atoms with Crippen molar-refractivity contribution >= 4 is 0 Å². The zero-order chi connectivity index (χ0) is 11.4. The monoisotopic (exact) mass is 255 g/mol. The van der Waals surface area contributed by atoms with Gasteiger partial charge in [0, 0.05) is 19.5 Å². The van der Waals surface area contributed by atoms with Crippen molar-refractivity contribution in [2.45, 2.75) is 41.5 Å². The van der Waals surface area contributed by atoms with Crippen LogP contribution in [-0.4, -0.2) is 0 Å². The Labute approximate surface area is 109 Å². The standard InChI is InChI=1S/C6H5.2C4H9.Zn/c1-2-4-6-5-3-1;2*1-4(2)3;/h1-5H;2*1-3H3;/q3*-1;. The summed E-state index contributed by atoms with van der Waals surface area (Å²) in [6.45, 7) is 12.5. The van der Waals surface area contributed by atoms with Crippen molar-refractivity contribution in [2.24, 2.45) is 0 Å². The third-order valence-electron chi connectivity index (χ3n) is 0.607. The summed E-state index contributed by atoms with van der Waals surface area (Å²) in [6, 6.07) is 12.5. The van der Waals surface area contributed by atoms with E-state index in [1.165, 1.54) is 11.8 Å². The summed E-state index contributed by atoms with van der Waals surface area (Å²) in [5.74, 6) is 2.83. The Kier molecular flexibility index (Phi) is 22.0. The van der Waals surface area contributed by atoms with Crippen molar-refractivity contribution in [1.29, 1.82) is 0 Å². The first-order valence-corrected chi connectivity index (χ1v) is 4.91. The molecule has 0 aromatic heterocycles. The summed E-state index contributed by atoms with van der Waals surface area (Å²) in [6.07, 6.45) is 0. The van der Waals surface area contributed by atoms with Crippen molar-refractivity contribution in [2.75, 3.05) is 0 Å². The first kappa shape index (κ1) is 20.3. The largest absolute Gasteiger partial charge is 0.323 e. The molecule has 0 saturated heterocycles. The van der Waals surface area contributed by atoms with Crippen LogP contribution in [0, 0.1) is 17.9 Å². The summed E-state index contributed by atoms with van der Waals surface area (Å²) in [4.78, 5) is 0. The molecule has 1 rings (SSSR count). The van der Waals surface area contributed by atoms with Gasteiger partial charge in [0.1, 0.15) is 0 Å². The molecule has 0 atom stereocenters. The van der Waals surface area contributed by atoms with Crippen LogP contribution in [0.4, 0.5) is 0 Å². The van der Waals surface area contributed by atoms with E-state index in [0.29, 0.717) is 0 Å². The summed E-state index contributed by atoms with van der Waals surface area (Å²) < 4.78 is 0. The Morgan fingerprint density at radius 2 is 0.933 bits per heavy atom. The molecule has 0 nitrogen and oxygen atoms in total. The molecule has 84 valence electrons. The minimum absolute atomic E-state index is 0. The van der Waals surface area contributed by atoms with Gasteiger partial charge in [0.15, 0.2) is 0 Å². The third kappa shape index (κ3) is 56.9. The Morgan fingerprint density at radius 3 is 1.00 bits per heavy atom. The number of benzene rings is 1. The predicted molar refractivity (Wildman–Crippen MR) is 65.8 cm³/mol. The van der Waals surface area contributed by atoms with Crippen LogP contribution in [0.1, 0.15) is 41.5 Å². The quantitative estimate of drug-likeness (QED) is 0.465. The Balaban J connectivity index is -0.000000145. The molecular formula is C14H23Zn-3. The summed E-state index contributed by atoms with van der Waals surface area (Å²) >= 11 is 0. The molecule has 1 aromatic carbocycles. The Bertz CT molecular complexity index is 130. The van der Waals surface area contributed by atoms with Crippen molar-refractivity contribution in [3.8, 4) is 0 Å². The summed E-state index contributed by atoms with van der Waals surface area (Å²) in [5, 5.41) is 0. The summed E-state index contributed by atoms with van der Waals surface area (Å²) in [7, 11) is 0. The normalized spacial score (nSPS) is 8.00. The van der Waals surface area contributed by atoms with E-state index in [1.54, 1.807) is 0 Å². The fraction of sp³-hybridized carbons (Fsp3) is 0.429. The van der Waals surface area contributed by atoms with E-state index in [9.17, 15) is 0 Å². The molecule has 0 spiro atoms. The van der Waals surface area contributed by atoms with Crippen LogP contribution in [0.25, 0.3) is 0 Å². The van der Waals surface area contributed by atoms with Gasteiger partial charge in [-0.15, -0.1) is 0 Å². The van der Waals surface area contributed by atoms with Gasteiger partial charge in [-0.3, -0.25) is 0 Å². The van der Waals surface area contributed by atoms with Gasteiger partial charge in [-0.2, -0.15) is 77.9 Å². The number of hydrogen-bond donors (Lipinski definition) is 0. The van der Waals surface area contributed by atoms with Crippen molar-refractivity contribution < 1.29 is 19.5 Å². The first-order chi connectivity index (χ1) is 6.46. The molecular weight excluding hydrogens is 234 g/mol. The molecule has 0 amide bonds. The van der Waals surface area contributed by atoms with E-state index < -0.39 is 0 Å². The molecule has 0 saturated carbocycles. The van der Waals surface area contributed by atoms with Crippen LogP contribution in [-0.2, 0) is 19.5 Å². The van der Waals surface area contributed by atoms with Gasteiger partial charge in [-0.05, 0) is 0 Å². The molecule has 0 bridgehead atoms. The number of hydrogen-bond acceptors (Lipinski definition) is 0. The van der Waals surface area contributed by atoms with Gasteiger partial charge in [-0.1, -0.05) is 0 Å². The average molecular weight is 257 g/mol. The fourth-order valence-electron chi connectivity index (χ4n) is 0.342. The van der Waals surface area contributed by atoms with Crippen molar-refractivity contribution in [3.63, 3.8) is 0 Å².